The number of hydroxylamine groups is 3. The zero-order valence-corrected chi connectivity index (χ0v) is 8.93. The van der Waals surface area contributed by atoms with E-state index in [9.17, 15) is 18.9 Å². The number of amides is 6. The number of phosphoric acid groups is 1. The van der Waals surface area contributed by atoms with Crippen LogP contribution < -0.4 is 33.6 Å². The van der Waals surface area contributed by atoms with Crippen LogP contribution in [0.4, 0.5) is 14.4 Å². The van der Waals surface area contributed by atoms with Gasteiger partial charge in [0.05, 0.1) is 0 Å². The number of nitrogens with two attached hydrogens (primary N) is 3. The molecule has 13 nitrogen and oxygen atoms in total. The first-order chi connectivity index (χ1) is 7.75. The van der Waals surface area contributed by atoms with Crippen LogP contribution in [0.5, 0.6) is 0 Å². The molecule has 0 spiro atoms. The molecule has 0 fully saturated rings. The Labute approximate surface area is 93.4 Å². The Morgan fingerprint density at radius 2 is 1.00 bits per heavy atom. The summed E-state index contributed by atoms with van der Waals surface area (Å²) in [5.74, 6) is 0. The summed E-state index contributed by atoms with van der Waals surface area (Å²) in [7, 11) is -4.62. The van der Waals surface area contributed by atoms with Gasteiger partial charge < -0.3 is 17.2 Å². The summed E-state index contributed by atoms with van der Waals surface area (Å²) >= 11 is 0. The Kier molecular flexibility index (Phi) is 5.70. The van der Waals surface area contributed by atoms with E-state index in [1.807, 2.05) is 0 Å². The van der Waals surface area contributed by atoms with Crippen LogP contribution in [-0.2, 0) is 18.4 Å². The van der Waals surface area contributed by atoms with Crippen LogP contribution in [-0.4, -0.2) is 18.1 Å². The summed E-state index contributed by atoms with van der Waals surface area (Å²) in [5.41, 5.74) is 17.9. The Balaban J connectivity index is 4.44. The second kappa shape index (κ2) is 6.49. The van der Waals surface area contributed by atoms with Gasteiger partial charge in [0, 0.05) is 0 Å². The molecule has 0 heterocycles. The lowest BCUT2D eigenvalue weighted by atomic mass is 11.2. The molecule has 0 unspecified atom stereocenters. The molecule has 0 rings (SSSR count). The highest BCUT2D eigenvalue weighted by atomic mass is 31.2. The minimum atomic E-state index is -4.62. The van der Waals surface area contributed by atoms with Gasteiger partial charge in [-0.3, -0.25) is 0 Å². The van der Waals surface area contributed by atoms with Gasteiger partial charge in [-0.25, -0.2) is 35.4 Å². The van der Waals surface area contributed by atoms with Crippen LogP contribution in [0.15, 0.2) is 0 Å². The van der Waals surface area contributed by atoms with E-state index in [1.165, 1.54) is 16.4 Å². The van der Waals surface area contributed by atoms with E-state index in [4.69, 9.17) is 0 Å². The largest absolute Gasteiger partial charge is 0.539 e. The topological polar surface area (TPSA) is 210 Å². The molecule has 0 atom stereocenters. The molecule has 17 heavy (non-hydrogen) atoms. The summed E-state index contributed by atoms with van der Waals surface area (Å²) in [6.45, 7) is 0. The second-order valence-corrected chi connectivity index (χ2v) is 3.56. The predicted molar refractivity (Wildman–Crippen MR) is 49.0 cm³/mol. The number of hydrogen-bond donors (Lipinski definition) is 6. The highest BCUT2D eigenvalue weighted by Gasteiger charge is 2.31. The van der Waals surface area contributed by atoms with Gasteiger partial charge in [0.15, 0.2) is 0 Å². The van der Waals surface area contributed by atoms with E-state index in [-0.39, 0.29) is 0 Å². The predicted octanol–water partition coefficient (Wildman–Crippen LogP) is -2.11. The third kappa shape index (κ3) is 7.80. The monoisotopic (exact) mass is 272 g/mol. The average Bonchev–Trinajstić information content (AvgIpc) is 2.21. The maximum absolute atomic E-state index is 11.4. The van der Waals surface area contributed by atoms with Gasteiger partial charge in [0.25, 0.3) is 0 Å². The molecule has 6 amide bonds. The lowest BCUT2D eigenvalue weighted by Gasteiger charge is -2.15. The Bertz CT molecular complexity index is 305. The van der Waals surface area contributed by atoms with Gasteiger partial charge in [0.1, 0.15) is 0 Å². The van der Waals surface area contributed by atoms with Crippen LogP contribution >= 0.6 is 7.82 Å². The SMILES string of the molecule is NC(=O)NOP(=O)(ONC(N)=O)ONC(N)=O. The number of rotatable bonds is 6. The second-order valence-electron chi connectivity index (χ2n) is 2.12. The van der Waals surface area contributed by atoms with Gasteiger partial charge >= 0.3 is 25.9 Å². The van der Waals surface area contributed by atoms with Crippen molar-refractivity contribution in [2.24, 2.45) is 17.2 Å². The fraction of sp³-hybridized carbons (Fsp3) is 0. The first-order valence-electron chi connectivity index (χ1n) is 3.57. The Morgan fingerprint density at radius 3 is 1.18 bits per heavy atom. The third-order valence-electron chi connectivity index (χ3n) is 0.774. The first kappa shape index (κ1) is 14.9. The molecule has 0 aromatic carbocycles. The fourth-order valence-electron chi connectivity index (χ4n) is 0.359. The van der Waals surface area contributed by atoms with Crippen LogP contribution in [0.2, 0.25) is 0 Å². The number of carbonyl (C=O) groups excluding carboxylic acids is 3. The van der Waals surface area contributed by atoms with E-state index < -0.39 is 25.9 Å². The summed E-state index contributed by atoms with van der Waals surface area (Å²) < 4.78 is 23.6. The minimum Gasteiger partial charge on any atom is -0.350 e. The molecule has 0 saturated carbocycles. The van der Waals surface area contributed by atoms with E-state index in [0.29, 0.717) is 0 Å². The lowest BCUT2D eigenvalue weighted by Crippen LogP contribution is -2.35. The van der Waals surface area contributed by atoms with Crippen molar-refractivity contribution in [3.63, 3.8) is 0 Å². The van der Waals surface area contributed by atoms with Crippen molar-refractivity contribution in [3.8, 4) is 0 Å². The van der Waals surface area contributed by atoms with E-state index >= 15 is 0 Å². The number of nitrogens with one attached hydrogen (secondary N) is 3. The molecule has 14 heteroatoms. The zero-order valence-electron chi connectivity index (χ0n) is 8.04. The van der Waals surface area contributed by atoms with Crippen LogP contribution in [0.1, 0.15) is 0 Å². The molecule has 9 N–H and O–H groups in total. The van der Waals surface area contributed by atoms with Crippen molar-refractivity contribution in [1.82, 2.24) is 16.4 Å². The lowest BCUT2D eigenvalue weighted by molar-refractivity contribution is 0.0412. The molecule has 0 bridgehead atoms. The standard InChI is InChI=1S/C3H9N6O7P/c4-1(10)7-14-17(13,15-8-2(5)11)16-9-3(6)12/h(H3,4,7,10)(H3,5,8,11)(H3,6,9,12). The molecule has 0 aromatic rings. The van der Waals surface area contributed by atoms with Gasteiger partial charge in [-0.1, -0.05) is 0 Å². The highest BCUT2D eigenvalue weighted by molar-refractivity contribution is 7.48. The maximum Gasteiger partial charge on any atom is 0.539 e. The van der Waals surface area contributed by atoms with Crippen molar-refractivity contribution < 1.29 is 32.8 Å². The molecule has 0 aliphatic rings. The van der Waals surface area contributed by atoms with Crippen LogP contribution in [0.25, 0.3) is 0 Å². The Hall–Kier alpha value is -2.08. The highest BCUT2D eigenvalue weighted by Crippen LogP contribution is 2.46. The smallest absolute Gasteiger partial charge is 0.350 e. The molecule has 0 aliphatic carbocycles. The van der Waals surface area contributed by atoms with Crippen LogP contribution in [0, 0.1) is 0 Å². The zero-order chi connectivity index (χ0) is 13.5. The summed E-state index contributed by atoms with van der Waals surface area (Å²) in [6, 6.07) is -3.76. The van der Waals surface area contributed by atoms with E-state index in [1.54, 1.807) is 0 Å². The fourth-order valence-corrected chi connectivity index (χ4v) is 1.08. The summed E-state index contributed by atoms with van der Waals surface area (Å²) in [4.78, 5) is 30.8. The van der Waals surface area contributed by atoms with Gasteiger partial charge in [0.2, 0.25) is 0 Å². The number of hydrogen-bond acceptors (Lipinski definition) is 7. The maximum atomic E-state index is 11.4. The van der Waals surface area contributed by atoms with Gasteiger partial charge in [-0.15, -0.1) is 0 Å². The molecule has 0 saturated heterocycles. The average molecular weight is 272 g/mol. The van der Waals surface area contributed by atoms with Crippen molar-refractivity contribution in [2.75, 3.05) is 0 Å². The summed E-state index contributed by atoms with van der Waals surface area (Å²) in [6.07, 6.45) is 0. The Morgan fingerprint density at radius 1 is 0.765 bits per heavy atom. The quantitative estimate of drug-likeness (QED) is 0.233. The van der Waals surface area contributed by atoms with Crippen molar-refractivity contribution in [3.05, 3.63) is 0 Å². The van der Waals surface area contributed by atoms with Crippen molar-refractivity contribution in [1.29, 1.82) is 0 Å². The molecular weight excluding hydrogens is 263 g/mol. The molecule has 98 valence electrons. The molecule has 0 aromatic heterocycles. The van der Waals surface area contributed by atoms with Gasteiger partial charge in [-0.2, -0.15) is 13.9 Å². The minimum absolute atomic E-state index is 1.25. The normalized spacial score (nSPS) is 10.4. The van der Waals surface area contributed by atoms with E-state index in [0.717, 1.165) is 0 Å². The van der Waals surface area contributed by atoms with Crippen molar-refractivity contribution >= 4 is 25.9 Å². The van der Waals surface area contributed by atoms with Gasteiger partial charge in [-0.05, 0) is 0 Å². The number of primary amides is 3. The number of urea groups is 3. The first-order valence-corrected chi connectivity index (χ1v) is 5.03. The van der Waals surface area contributed by atoms with E-state index in [2.05, 4.69) is 31.1 Å². The molecular formula is C3H9N6O7P. The third-order valence-corrected chi connectivity index (χ3v) is 1.72. The number of carbonyl (C=O) groups is 3. The summed E-state index contributed by atoms with van der Waals surface area (Å²) in [5, 5.41) is 0. The molecule has 0 aliphatic heterocycles. The van der Waals surface area contributed by atoms with Crippen molar-refractivity contribution in [2.45, 2.75) is 0 Å². The molecule has 0 radical (unpaired) electrons. The van der Waals surface area contributed by atoms with Crippen LogP contribution in [0.3, 0.4) is 0 Å².